The number of aliphatic imine (C=N–C) groups is 1. The molecule has 0 amide bonds. The molecule has 0 saturated carbocycles. The van der Waals surface area contributed by atoms with Gasteiger partial charge in [0.25, 0.3) is 0 Å². The fraction of sp³-hybridized carbons (Fsp3) is 0.542. The minimum atomic E-state index is -1.06. The van der Waals surface area contributed by atoms with Crippen molar-refractivity contribution < 1.29 is 19.1 Å². The molecule has 0 radical (unpaired) electrons. The molecular weight excluding hydrogens is 426 g/mol. The van der Waals surface area contributed by atoms with Crippen molar-refractivity contribution in [2.75, 3.05) is 27.3 Å². The molecule has 2 heterocycles. The molecule has 0 atom stereocenters. The van der Waals surface area contributed by atoms with Gasteiger partial charge in [0.15, 0.2) is 5.66 Å². The van der Waals surface area contributed by atoms with Gasteiger partial charge in [0.2, 0.25) is 0 Å². The van der Waals surface area contributed by atoms with Crippen molar-refractivity contribution in [2.24, 2.45) is 4.99 Å². The van der Waals surface area contributed by atoms with E-state index in [0.29, 0.717) is 18.1 Å². The van der Waals surface area contributed by atoms with Crippen molar-refractivity contribution in [3.8, 4) is 0 Å². The summed E-state index contributed by atoms with van der Waals surface area (Å²) >= 11 is 1.20. The quantitative estimate of drug-likeness (QED) is 0.633. The molecule has 1 aromatic rings. The third-order valence-electron chi connectivity index (χ3n) is 5.77. The second kappa shape index (κ2) is 8.65. The number of ether oxygens (including phenoxy) is 2. The summed E-state index contributed by atoms with van der Waals surface area (Å²) in [6, 6.07) is 9.58. The molecule has 0 N–H and O–H groups in total. The van der Waals surface area contributed by atoms with E-state index < -0.39 is 17.6 Å². The monoisotopic (exact) mass is 459 g/mol. The second-order valence-corrected chi connectivity index (χ2v) is 10.9. The minimum absolute atomic E-state index is 0.222. The zero-order valence-electron chi connectivity index (χ0n) is 20.2. The van der Waals surface area contributed by atoms with E-state index in [-0.39, 0.29) is 21.6 Å². The van der Waals surface area contributed by atoms with Crippen LogP contribution in [-0.4, -0.2) is 70.8 Å². The zero-order chi connectivity index (χ0) is 23.9. The summed E-state index contributed by atoms with van der Waals surface area (Å²) in [4.78, 5) is 36.0. The van der Waals surface area contributed by atoms with E-state index in [1.165, 1.54) is 26.0 Å². The van der Waals surface area contributed by atoms with Crippen molar-refractivity contribution in [3.05, 3.63) is 40.8 Å². The summed E-state index contributed by atoms with van der Waals surface area (Å²) in [6.45, 7) is 14.0. The lowest BCUT2D eigenvalue weighted by Crippen LogP contribution is -2.67. The Morgan fingerprint density at radius 3 is 1.84 bits per heavy atom. The van der Waals surface area contributed by atoms with Gasteiger partial charge in [0, 0.05) is 24.2 Å². The van der Waals surface area contributed by atoms with Crippen molar-refractivity contribution in [2.45, 2.75) is 58.3 Å². The number of carbonyl (C=O) groups is 2. The average molecular weight is 460 g/mol. The van der Waals surface area contributed by atoms with E-state index in [1.807, 2.05) is 30.3 Å². The molecule has 1 fully saturated rings. The van der Waals surface area contributed by atoms with Crippen LogP contribution in [0.3, 0.4) is 0 Å². The minimum Gasteiger partial charge on any atom is -0.466 e. The largest absolute Gasteiger partial charge is 0.466 e. The topological polar surface area (TPSA) is 71.4 Å². The maximum Gasteiger partial charge on any atom is 0.345 e. The number of nitrogens with zero attached hydrogens (tertiary/aromatic N) is 3. The third-order valence-corrected chi connectivity index (χ3v) is 6.91. The number of methoxy groups -OCH3 is 2. The van der Waals surface area contributed by atoms with Crippen LogP contribution in [-0.2, 0) is 19.1 Å². The Morgan fingerprint density at radius 2 is 1.41 bits per heavy atom. The molecule has 32 heavy (non-hydrogen) atoms. The van der Waals surface area contributed by atoms with Gasteiger partial charge in [-0.15, -0.1) is 0 Å². The summed E-state index contributed by atoms with van der Waals surface area (Å²) in [5.41, 5.74) is -0.701. The first kappa shape index (κ1) is 24.5. The van der Waals surface area contributed by atoms with Crippen LogP contribution in [0.4, 0.5) is 5.69 Å². The van der Waals surface area contributed by atoms with E-state index in [9.17, 15) is 9.59 Å². The maximum atomic E-state index is 13.3. The summed E-state index contributed by atoms with van der Waals surface area (Å²) in [5.74, 6) is -1.12. The van der Waals surface area contributed by atoms with E-state index in [0.717, 1.165) is 5.69 Å². The first-order chi connectivity index (χ1) is 14.9. The Kier molecular flexibility index (Phi) is 6.62. The van der Waals surface area contributed by atoms with Crippen molar-refractivity contribution in [1.82, 2.24) is 9.80 Å². The summed E-state index contributed by atoms with van der Waals surface area (Å²) in [6.07, 6.45) is 0. The Labute approximate surface area is 194 Å². The van der Waals surface area contributed by atoms with E-state index in [1.54, 1.807) is 0 Å². The van der Waals surface area contributed by atoms with Crippen LogP contribution in [0.1, 0.15) is 41.5 Å². The highest BCUT2D eigenvalue weighted by atomic mass is 32.2. The normalized spacial score (nSPS) is 20.9. The van der Waals surface area contributed by atoms with Crippen LogP contribution >= 0.6 is 11.8 Å². The first-order valence-electron chi connectivity index (χ1n) is 10.7. The van der Waals surface area contributed by atoms with Crippen LogP contribution in [0, 0.1) is 0 Å². The van der Waals surface area contributed by atoms with Gasteiger partial charge >= 0.3 is 11.9 Å². The Balaban J connectivity index is 2.43. The molecule has 1 saturated heterocycles. The highest BCUT2D eigenvalue weighted by molar-refractivity contribution is 8.18. The lowest BCUT2D eigenvalue weighted by atomic mass is 9.89. The van der Waals surface area contributed by atoms with Crippen LogP contribution in [0.2, 0.25) is 0 Å². The lowest BCUT2D eigenvalue weighted by molar-refractivity contribution is -0.141. The molecule has 1 aromatic carbocycles. The van der Waals surface area contributed by atoms with Gasteiger partial charge in [0.05, 0.1) is 19.9 Å². The molecule has 0 unspecified atom stereocenters. The molecular formula is C24H33N3O4S. The van der Waals surface area contributed by atoms with E-state index in [4.69, 9.17) is 14.5 Å². The zero-order valence-corrected chi connectivity index (χ0v) is 21.0. The predicted molar refractivity (Wildman–Crippen MR) is 128 cm³/mol. The Hall–Kier alpha value is -2.16. The van der Waals surface area contributed by atoms with Crippen LogP contribution in [0.25, 0.3) is 0 Å². The second-order valence-electron chi connectivity index (χ2n) is 9.86. The molecule has 174 valence electrons. The van der Waals surface area contributed by atoms with Gasteiger partial charge in [-0.25, -0.2) is 14.6 Å². The SMILES string of the molecule is COC(=O)C1=C(C(=O)OC)C2(C(=Nc3ccccc3)S1)N(C(C)(C)C)CCN2C(C)(C)C. The number of thioether (sulfide) groups is 1. The number of carbonyl (C=O) groups excluding carboxylic acids is 2. The standard InChI is InChI=1S/C24H33N3O4S/c1-22(2,3)26-14-15-27(23(4,5)6)24(26)17(19(28)30-7)18(20(29)31-8)32-21(24)25-16-12-10-9-11-13-16/h9-13H,14-15H2,1-8H3. The van der Waals surface area contributed by atoms with Gasteiger partial charge in [-0.05, 0) is 53.7 Å². The Bertz CT molecular complexity index is 936. The summed E-state index contributed by atoms with van der Waals surface area (Å²) < 4.78 is 10.3. The van der Waals surface area contributed by atoms with Crippen LogP contribution in [0.5, 0.6) is 0 Å². The molecule has 1 spiro atoms. The van der Waals surface area contributed by atoms with Gasteiger partial charge < -0.3 is 9.47 Å². The first-order valence-corrected chi connectivity index (χ1v) is 11.5. The molecule has 7 nitrogen and oxygen atoms in total. The van der Waals surface area contributed by atoms with Crippen molar-refractivity contribution in [3.63, 3.8) is 0 Å². The fourth-order valence-corrected chi connectivity index (χ4v) is 5.89. The molecule has 2 aliphatic heterocycles. The number of benzene rings is 1. The summed E-state index contributed by atoms with van der Waals surface area (Å²) in [5, 5.41) is 0.645. The number of esters is 2. The van der Waals surface area contributed by atoms with Gasteiger partial charge in [-0.3, -0.25) is 9.80 Å². The van der Waals surface area contributed by atoms with Gasteiger partial charge in [-0.1, -0.05) is 30.0 Å². The summed E-state index contributed by atoms with van der Waals surface area (Å²) in [7, 11) is 2.66. The van der Waals surface area contributed by atoms with Crippen LogP contribution in [0.15, 0.2) is 45.8 Å². The number of rotatable bonds is 3. The highest BCUT2D eigenvalue weighted by Crippen LogP contribution is 2.54. The molecule has 8 heteroatoms. The van der Waals surface area contributed by atoms with E-state index >= 15 is 0 Å². The average Bonchev–Trinajstić information content (AvgIpc) is 3.28. The predicted octanol–water partition coefficient (Wildman–Crippen LogP) is 3.97. The molecule has 3 rings (SSSR count). The molecule has 2 aliphatic rings. The Morgan fingerprint density at radius 1 is 0.906 bits per heavy atom. The molecule has 0 bridgehead atoms. The smallest absolute Gasteiger partial charge is 0.345 e. The highest BCUT2D eigenvalue weighted by Gasteiger charge is 2.66. The van der Waals surface area contributed by atoms with E-state index in [2.05, 4.69) is 51.3 Å². The lowest BCUT2D eigenvalue weighted by Gasteiger charge is -2.51. The van der Waals surface area contributed by atoms with Crippen molar-refractivity contribution in [1.29, 1.82) is 0 Å². The molecule has 0 aliphatic carbocycles. The van der Waals surface area contributed by atoms with Gasteiger partial charge in [-0.2, -0.15) is 0 Å². The number of hydrogen-bond donors (Lipinski definition) is 0. The van der Waals surface area contributed by atoms with Crippen molar-refractivity contribution >= 4 is 34.4 Å². The third kappa shape index (κ3) is 4.00. The maximum absolute atomic E-state index is 13.3. The number of hydrogen-bond acceptors (Lipinski definition) is 8. The molecule has 0 aromatic heterocycles. The fourth-order valence-electron chi connectivity index (χ4n) is 4.59. The van der Waals surface area contributed by atoms with Crippen LogP contribution < -0.4 is 0 Å². The number of para-hydroxylation sites is 1. The van der Waals surface area contributed by atoms with Gasteiger partial charge in [0.1, 0.15) is 15.5 Å².